The molecule has 0 aliphatic rings. The third-order valence-electron chi connectivity index (χ3n) is 6.70. The maximum absolute atomic E-state index is 13.5. The molecule has 2 amide bonds. The summed E-state index contributed by atoms with van der Waals surface area (Å²) in [6, 6.07) is 28.4. The van der Waals surface area contributed by atoms with Crippen LogP contribution in [0.5, 0.6) is 0 Å². The molecule has 1 unspecified atom stereocenters. The second kappa shape index (κ2) is 12.5. The van der Waals surface area contributed by atoms with Crippen LogP contribution in [0.1, 0.15) is 48.7 Å². The molecule has 0 saturated carbocycles. The Hall–Kier alpha value is -4.65. The Morgan fingerprint density at radius 1 is 0.800 bits per heavy atom. The van der Waals surface area contributed by atoms with Crippen molar-refractivity contribution in [2.75, 3.05) is 17.2 Å². The first-order valence-corrected chi connectivity index (χ1v) is 13.3. The summed E-state index contributed by atoms with van der Waals surface area (Å²) in [4.78, 5) is 36.5. The van der Waals surface area contributed by atoms with Gasteiger partial charge in [0.25, 0.3) is 5.91 Å². The highest BCUT2D eigenvalue weighted by Crippen LogP contribution is 2.24. The molecule has 4 aromatic rings. The van der Waals surface area contributed by atoms with E-state index in [4.69, 9.17) is 5.11 Å². The highest BCUT2D eigenvalue weighted by molar-refractivity contribution is 5.97. The monoisotopic (exact) mass is 537 g/mol. The van der Waals surface area contributed by atoms with Crippen molar-refractivity contribution in [1.29, 1.82) is 0 Å². The first-order chi connectivity index (χ1) is 19.1. The lowest BCUT2D eigenvalue weighted by Crippen LogP contribution is -2.36. The van der Waals surface area contributed by atoms with Gasteiger partial charge >= 0.3 is 5.97 Å². The van der Waals surface area contributed by atoms with Gasteiger partial charge in [0.1, 0.15) is 6.04 Å². The summed E-state index contributed by atoms with van der Waals surface area (Å²) in [7, 11) is 0. The minimum Gasteiger partial charge on any atom is -0.481 e. The van der Waals surface area contributed by atoms with E-state index in [1.807, 2.05) is 42.5 Å². The van der Waals surface area contributed by atoms with E-state index in [2.05, 4.69) is 61.0 Å². The number of fused-ring (bicyclic) bond motifs is 1. The van der Waals surface area contributed by atoms with Crippen LogP contribution in [0.2, 0.25) is 0 Å². The fourth-order valence-corrected chi connectivity index (χ4v) is 4.40. The molecule has 7 nitrogen and oxygen atoms in total. The summed E-state index contributed by atoms with van der Waals surface area (Å²) >= 11 is 0. The molecule has 7 heteroatoms. The lowest BCUT2D eigenvalue weighted by atomic mass is 9.87. The zero-order chi connectivity index (χ0) is 28.7. The maximum Gasteiger partial charge on any atom is 0.305 e. The third-order valence-corrected chi connectivity index (χ3v) is 6.70. The number of hydrogen-bond donors (Lipinski definition) is 4. The standard InChI is InChI=1S/C33H35N3O4/c1-33(2,3)26-12-16-28(17-13-26)36-32(40)29(21-22-8-9-23-6-4-5-7-25(23)20-22)35-27-14-10-24(11-15-27)31(39)34-19-18-30(37)38/h4-17,20,29,35H,18-19,21H2,1-3H3,(H,34,39)(H,36,40)(H,37,38). The van der Waals surface area contributed by atoms with Gasteiger partial charge in [-0.05, 0) is 63.7 Å². The molecule has 0 aliphatic heterocycles. The molecule has 0 heterocycles. The van der Waals surface area contributed by atoms with Crippen molar-refractivity contribution < 1.29 is 19.5 Å². The number of rotatable bonds is 10. The minimum atomic E-state index is -0.972. The number of carboxylic acids is 1. The van der Waals surface area contributed by atoms with Gasteiger partial charge in [0.15, 0.2) is 0 Å². The van der Waals surface area contributed by atoms with Crippen molar-refractivity contribution in [3.63, 3.8) is 0 Å². The van der Waals surface area contributed by atoms with E-state index in [1.165, 1.54) is 5.56 Å². The summed E-state index contributed by atoms with van der Waals surface area (Å²) in [5.41, 5.74) is 4.03. The molecule has 0 fully saturated rings. The van der Waals surface area contributed by atoms with E-state index < -0.39 is 12.0 Å². The number of carbonyl (C=O) groups excluding carboxylic acids is 2. The summed E-state index contributed by atoms with van der Waals surface area (Å²) in [6.45, 7) is 6.50. The minimum absolute atomic E-state index is 0.0159. The molecule has 0 radical (unpaired) electrons. The SMILES string of the molecule is CC(C)(C)c1ccc(NC(=O)C(Cc2ccc3ccccc3c2)Nc2ccc(C(=O)NCCC(=O)O)cc2)cc1. The van der Waals surface area contributed by atoms with E-state index in [0.717, 1.165) is 22.0 Å². The predicted octanol–water partition coefficient (Wildman–Crippen LogP) is 6.00. The van der Waals surface area contributed by atoms with Crippen LogP contribution < -0.4 is 16.0 Å². The van der Waals surface area contributed by atoms with Gasteiger partial charge in [0.2, 0.25) is 5.91 Å². The topological polar surface area (TPSA) is 108 Å². The van der Waals surface area contributed by atoms with Crippen molar-refractivity contribution in [2.24, 2.45) is 0 Å². The molecule has 0 bridgehead atoms. The Labute approximate surface area is 234 Å². The Balaban J connectivity index is 1.52. The van der Waals surface area contributed by atoms with Gasteiger partial charge in [0, 0.05) is 29.9 Å². The van der Waals surface area contributed by atoms with Crippen LogP contribution in [-0.4, -0.2) is 35.5 Å². The van der Waals surface area contributed by atoms with Crippen LogP contribution in [0.4, 0.5) is 11.4 Å². The number of anilines is 2. The molecule has 4 aromatic carbocycles. The van der Waals surface area contributed by atoms with Crippen molar-refractivity contribution in [2.45, 2.75) is 45.1 Å². The first-order valence-electron chi connectivity index (χ1n) is 13.3. The van der Waals surface area contributed by atoms with E-state index in [-0.39, 0.29) is 30.2 Å². The van der Waals surface area contributed by atoms with Gasteiger partial charge in [-0.15, -0.1) is 0 Å². The number of carbonyl (C=O) groups is 3. The molecule has 206 valence electrons. The second-order valence-electron chi connectivity index (χ2n) is 10.9. The molecular formula is C33H35N3O4. The van der Waals surface area contributed by atoms with E-state index >= 15 is 0 Å². The molecule has 0 spiro atoms. The second-order valence-corrected chi connectivity index (χ2v) is 10.9. The van der Waals surface area contributed by atoms with Crippen LogP contribution in [0.25, 0.3) is 10.8 Å². The average Bonchev–Trinajstić information content (AvgIpc) is 2.92. The van der Waals surface area contributed by atoms with Crippen molar-refractivity contribution in [3.05, 3.63) is 108 Å². The quantitative estimate of drug-likeness (QED) is 0.198. The van der Waals surface area contributed by atoms with Crippen molar-refractivity contribution >= 4 is 39.9 Å². The Bertz CT molecular complexity index is 1490. The van der Waals surface area contributed by atoms with Crippen molar-refractivity contribution in [1.82, 2.24) is 5.32 Å². The zero-order valence-corrected chi connectivity index (χ0v) is 23.0. The molecule has 4 rings (SSSR count). The maximum atomic E-state index is 13.5. The summed E-state index contributed by atoms with van der Waals surface area (Å²) in [6.07, 6.45) is 0.310. The highest BCUT2D eigenvalue weighted by Gasteiger charge is 2.21. The van der Waals surface area contributed by atoms with E-state index in [9.17, 15) is 14.4 Å². The number of carboxylic acid groups (broad SMARTS) is 1. The van der Waals surface area contributed by atoms with Gasteiger partial charge in [-0.25, -0.2) is 0 Å². The Kier molecular flexibility index (Phi) is 8.84. The fourth-order valence-electron chi connectivity index (χ4n) is 4.40. The van der Waals surface area contributed by atoms with Crippen LogP contribution in [0, 0.1) is 0 Å². The van der Waals surface area contributed by atoms with Gasteiger partial charge < -0.3 is 21.1 Å². The number of hydrogen-bond acceptors (Lipinski definition) is 4. The van der Waals surface area contributed by atoms with Crippen LogP contribution in [0.15, 0.2) is 91.0 Å². The largest absolute Gasteiger partial charge is 0.481 e. The van der Waals surface area contributed by atoms with Crippen LogP contribution in [0.3, 0.4) is 0 Å². The normalized spacial score (nSPS) is 12.0. The fraction of sp³-hybridized carbons (Fsp3) is 0.242. The summed E-state index contributed by atoms with van der Waals surface area (Å²) < 4.78 is 0. The molecule has 1 atom stereocenters. The molecule has 0 aromatic heterocycles. The lowest BCUT2D eigenvalue weighted by molar-refractivity contribution is -0.136. The zero-order valence-electron chi connectivity index (χ0n) is 23.0. The van der Waals surface area contributed by atoms with Gasteiger partial charge in [-0.2, -0.15) is 0 Å². The smallest absolute Gasteiger partial charge is 0.305 e. The van der Waals surface area contributed by atoms with Gasteiger partial charge in [0.05, 0.1) is 6.42 Å². The number of benzene rings is 4. The van der Waals surface area contributed by atoms with Crippen LogP contribution >= 0.6 is 0 Å². The molecule has 0 aliphatic carbocycles. The van der Waals surface area contributed by atoms with Crippen molar-refractivity contribution in [3.8, 4) is 0 Å². The predicted molar refractivity (Wildman–Crippen MR) is 160 cm³/mol. The first kappa shape index (κ1) is 28.4. The summed E-state index contributed by atoms with van der Waals surface area (Å²) in [5, 5.41) is 20.0. The number of aliphatic carboxylic acids is 1. The number of amides is 2. The average molecular weight is 538 g/mol. The van der Waals surface area contributed by atoms with E-state index in [0.29, 0.717) is 17.7 Å². The summed E-state index contributed by atoms with van der Waals surface area (Å²) in [5.74, 6) is -1.50. The molecule has 40 heavy (non-hydrogen) atoms. The molecule has 0 saturated heterocycles. The highest BCUT2D eigenvalue weighted by atomic mass is 16.4. The van der Waals surface area contributed by atoms with E-state index in [1.54, 1.807) is 24.3 Å². The molecular weight excluding hydrogens is 502 g/mol. The Morgan fingerprint density at radius 3 is 2.10 bits per heavy atom. The Morgan fingerprint density at radius 2 is 1.45 bits per heavy atom. The molecule has 4 N–H and O–H groups in total. The van der Waals surface area contributed by atoms with Gasteiger partial charge in [-0.1, -0.05) is 75.4 Å². The number of nitrogens with one attached hydrogen (secondary N) is 3. The third kappa shape index (κ3) is 7.69. The van der Waals surface area contributed by atoms with Gasteiger partial charge in [-0.3, -0.25) is 14.4 Å². The lowest BCUT2D eigenvalue weighted by Gasteiger charge is -2.22. The van der Waals surface area contributed by atoms with Crippen LogP contribution in [-0.2, 0) is 21.4 Å².